The minimum Gasteiger partial charge on any atom is -0.547 e. The molecular weight excluding hydrogens is 439 g/mol. The fourth-order valence-electron chi connectivity index (χ4n) is 6.07. The van der Waals surface area contributed by atoms with E-state index in [-0.39, 0.29) is 40.9 Å². The zero-order chi connectivity index (χ0) is 22.8. The number of ketones is 1. The average Bonchev–Trinajstić information content (AvgIpc) is 3.08. The van der Waals surface area contributed by atoms with Gasteiger partial charge in [-0.1, -0.05) is 24.6 Å². The number of ether oxygens (including phenoxy) is 2. The third-order valence-electron chi connectivity index (χ3n) is 7.92. The minimum absolute atomic E-state index is 0. The Balaban J connectivity index is 0.00000259. The number of Topliss-reactive ketones (excluding diaryl/α,β-unsaturated/α-hetero) is 1. The topological polar surface area (TPSA) is 136 Å². The van der Waals surface area contributed by atoms with Gasteiger partial charge in [0.05, 0.1) is 5.97 Å². The number of benzene rings is 1. The maximum Gasteiger partial charge on any atom is 1.00 e. The van der Waals surface area contributed by atoms with Gasteiger partial charge in [-0.15, -0.1) is 0 Å². The summed E-state index contributed by atoms with van der Waals surface area (Å²) in [5, 5.41) is 41.1. The van der Waals surface area contributed by atoms with Crippen LogP contribution in [0, 0.1) is 11.3 Å². The van der Waals surface area contributed by atoms with Gasteiger partial charge in [0.1, 0.15) is 35.9 Å². The number of carbonyl (C=O) groups excluding carboxylic acids is 2. The van der Waals surface area contributed by atoms with E-state index in [1.807, 2.05) is 12.1 Å². The predicted molar refractivity (Wildman–Crippen MR) is 108 cm³/mol. The molecule has 0 spiro atoms. The second kappa shape index (κ2) is 9.07. The van der Waals surface area contributed by atoms with Crippen molar-refractivity contribution in [2.75, 3.05) is 0 Å². The number of allylic oxidation sites excluding steroid dienone is 2. The van der Waals surface area contributed by atoms with Crippen molar-refractivity contribution in [1.82, 2.24) is 0 Å². The van der Waals surface area contributed by atoms with Gasteiger partial charge in [-0.25, -0.2) is 0 Å². The third-order valence-corrected chi connectivity index (χ3v) is 7.92. The molecule has 0 bridgehead atoms. The summed E-state index contributed by atoms with van der Waals surface area (Å²) in [6, 6.07) is 5.53. The first-order valence-corrected chi connectivity index (χ1v) is 11.1. The summed E-state index contributed by atoms with van der Waals surface area (Å²) in [6.45, 7) is 2.11. The van der Waals surface area contributed by atoms with Gasteiger partial charge < -0.3 is 34.7 Å². The number of carboxylic acids is 1. The number of fused-ring (bicyclic) bond motifs is 5. The Morgan fingerprint density at radius 2 is 1.94 bits per heavy atom. The molecule has 0 aromatic heterocycles. The summed E-state index contributed by atoms with van der Waals surface area (Å²) >= 11 is 0. The van der Waals surface area contributed by atoms with Crippen LogP contribution in [0.2, 0.25) is 0 Å². The molecule has 1 aliphatic heterocycles. The summed E-state index contributed by atoms with van der Waals surface area (Å²) < 4.78 is 10.8. The molecule has 3 unspecified atom stereocenters. The van der Waals surface area contributed by atoms with Crippen LogP contribution < -0.4 is 39.4 Å². The summed E-state index contributed by atoms with van der Waals surface area (Å²) in [5.74, 6) is -0.382. The minimum atomic E-state index is -1.82. The van der Waals surface area contributed by atoms with Gasteiger partial charge in [0, 0.05) is 17.8 Å². The van der Waals surface area contributed by atoms with Crippen molar-refractivity contribution in [1.29, 1.82) is 0 Å². The molecule has 172 valence electrons. The second-order valence-corrected chi connectivity index (χ2v) is 9.63. The largest absolute Gasteiger partial charge is 1.00 e. The Morgan fingerprint density at radius 3 is 2.67 bits per heavy atom. The van der Waals surface area contributed by atoms with Crippen LogP contribution in [0.5, 0.6) is 5.75 Å². The molecule has 33 heavy (non-hydrogen) atoms. The monoisotopic (exact) mass is 466 g/mol. The van der Waals surface area contributed by atoms with Crippen molar-refractivity contribution in [3.8, 4) is 5.75 Å². The second-order valence-electron chi connectivity index (χ2n) is 9.63. The zero-order valence-corrected chi connectivity index (χ0v) is 20.8. The molecule has 0 amide bonds. The fourth-order valence-corrected chi connectivity index (χ4v) is 6.07. The third kappa shape index (κ3) is 3.99. The Morgan fingerprint density at radius 1 is 1.18 bits per heavy atom. The molecule has 4 aliphatic rings. The number of hydrogen-bond donors (Lipinski definition) is 3. The standard InChI is InChI=1S/C24H28O8.Na/c1-24-9-8-14-13-5-3-12(10-11(13)2-4-15(14)16(24)6-7-17(24)25)31-23-20(28)18(26)19(27)21(32-23)22(29)30;/h3-5,10,14,16,18-21,23,26-28H,2,6-9H2,1H3,(H,29,30);/q;+1/p-1/t14-,16+,18?,19-,20?,21?,23+,24-;/m0./s1. The first-order chi connectivity index (χ1) is 15.2. The van der Waals surface area contributed by atoms with Crippen LogP contribution in [0.3, 0.4) is 0 Å². The molecule has 1 aromatic rings. The van der Waals surface area contributed by atoms with Crippen LogP contribution in [0.25, 0.3) is 0 Å². The Kier molecular flexibility index (Phi) is 6.83. The van der Waals surface area contributed by atoms with E-state index < -0.39 is 36.7 Å². The summed E-state index contributed by atoms with van der Waals surface area (Å²) in [5.41, 5.74) is 3.39. The average molecular weight is 466 g/mol. The molecule has 8 nitrogen and oxygen atoms in total. The number of aliphatic hydroxyl groups excluding tert-OH is 3. The van der Waals surface area contributed by atoms with E-state index in [9.17, 15) is 30.0 Å². The summed E-state index contributed by atoms with van der Waals surface area (Å²) in [6.07, 6.45) is -2.18. The van der Waals surface area contributed by atoms with Crippen LogP contribution in [0.4, 0.5) is 0 Å². The normalized spacial score (nSPS) is 39.5. The molecule has 3 fully saturated rings. The molecule has 1 aromatic carbocycles. The maximum absolute atomic E-state index is 12.5. The number of carbonyl (C=O) groups is 2. The van der Waals surface area contributed by atoms with Crippen LogP contribution in [-0.2, 0) is 20.7 Å². The van der Waals surface area contributed by atoms with Crippen molar-refractivity contribution in [3.63, 3.8) is 0 Å². The van der Waals surface area contributed by atoms with Gasteiger partial charge in [-0.05, 0) is 54.9 Å². The van der Waals surface area contributed by atoms with Crippen molar-refractivity contribution in [2.45, 2.75) is 75.7 Å². The van der Waals surface area contributed by atoms with Crippen molar-refractivity contribution in [3.05, 3.63) is 41.0 Å². The van der Waals surface area contributed by atoms with Crippen LogP contribution in [0.1, 0.15) is 49.7 Å². The smallest absolute Gasteiger partial charge is 0.547 e. The molecular formula is C24H27NaO8. The molecule has 1 saturated heterocycles. The van der Waals surface area contributed by atoms with Gasteiger partial charge in [-0.2, -0.15) is 0 Å². The maximum atomic E-state index is 12.5. The molecule has 2 saturated carbocycles. The van der Waals surface area contributed by atoms with Gasteiger partial charge >= 0.3 is 29.6 Å². The van der Waals surface area contributed by atoms with E-state index in [0.717, 1.165) is 24.8 Å². The number of aliphatic carboxylic acids is 1. The first-order valence-electron chi connectivity index (χ1n) is 11.1. The molecule has 1 heterocycles. The predicted octanol–water partition coefficient (Wildman–Crippen LogP) is -3.03. The number of aliphatic hydroxyl groups is 3. The quantitative estimate of drug-likeness (QED) is 0.316. The SMILES string of the molecule is C[C@]12CC[C@@H]3C(=CCc4cc(O[C@@H]5OC(C(=O)[O-])[C@@H](O)C(O)C5O)ccc43)[C@H]1CCC2=O.[Na+]. The van der Waals surface area contributed by atoms with E-state index >= 15 is 0 Å². The Hall–Kier alpha value is -1.26. The van der Waals surface area contributed by atoms with E-state index in [2.05, 4.69) is 13.0 Å². The molecule has 5 rings (SSSR count). The fraction of sp³-hybridized carbons (Fsp3) is 0.583. The zero-order valence-electron chi connectivity index (χ0n) is 18.8. The number of carboxylic acid groups (broad SMARTS) is 1. The molecule has 0 radical (unpaired) electrons. The molecule has 8 atom stereocenters. The van der Waals surface area contributed by atoms with Crippen molar-refractivity contribution >= 4 is 11.8 Å². The number of rotatable bonds is 3. The van der Waals surface area contributed by atoms with Crippen LogP contribution in [0.15, 0.2) is 29.8 Å². The Labute approximate surface area is 213 Å². The van der Waals surface area contributed by atoms with Crippen LogP contribution in [-0.4, -0.2) is 57.8 Å². The van der Waals surface area contributed by atoms with E-state index in [1.54, 1.807) is 6.07 Å². The molecule has 9 heteroatoms. The summed E-state index contributed by atoms with van der Waals surface area (Å²) in [4.78, 5) is 23.7. The van der Waals surface area contributed by atoms with Gasteiger partial charge in [0.2, 0.25) is 6.29 Å². The first kappa shape index (κ1) is 24.9. The molecule has 3 N–H and O–H groups in total. The van der Waals surface area contributed by atoms with Crippen molar-refractivity contribution < 1.29 is 69.0 Å². The van der Waals surface area contributed by atoms with Gasteiger partial charge in [0.25, 0.3) is 0 Å². The van der Waals surface area contributed by atoms with Crippen LogP contribution >= 0.6 is 0 Å². The van der Waals surface area contributed by atoms with Crippen molar-refractivity contribution in [2.24, 2.45) is 11.3 Å². The van der Waals surface area contributed by atoms with E-state index in [1.165, 1.54) is 11.1 Å². The number of hydrogen-bond acceptors (Lipinski definition) is 8. The molecule has 3 aliphatic carbocycles. The van der Waals surface area contributed by atoms with Gasteiger partial charge in [-0.3, -0.25) is 4.79 Å². The van der Waals surface area contributed by atoms with E-state index in [4.69, 9.17) is 9.47 Å². The summed E-state index contributed by atoms with van der Waals surface area (Å²) in [7, 11) is 0. The van der Waals surface area contributed by atoms with Gasteiger partial charge in [0.15, 0.2) is 0 Å². The Bertz CT molecular complexity index is 993. The van der Waals surface area contributed by atoms with E-state index in [0.29, 0.717) is 30.3 Å².